The van der Waals surface area contributed by atoms with Crippen LogP contribution in [0.5, 0.6) is 5.75 Å². The zero-order valence-electron chi connectivity index (χ0n) is 15.0. The van der Waals surface area contributed by atoms with Crippen LogP contribution in [0.4, 0.5) is 4.39 Å². The number of nitrogens with zero attached hydrogens (tertiary/aromatic N) is 2. The van der Waals surface area contributed by atoms with Gasteiger partial charge in [-0.05, 0) is 42.3 Å². The quantitative estimate of drug-likeness (QED) is 0.803. The van der Waals surface area contributed by atoms with E-state index in [2.05, 4.69) is 4.90 Å². The first-order valence-corrected chi connectivity index (χ1v) is 9.96. The maximum Gasteiger partial charge on any atom is 0.246 e. The van der Waals surface area contributed by atoms with Crippen LogP contribution in [-0.2, 0) is 16.6 Å². The number of hydrogen-bond donors (Lipinski definition) is 0. The molecule has 1 saturated heterocycles. The van der Waals surface area contributed by atoms with Gasteiger partial charge in [-0.3, -0.25) is 4.90 Å². The molecule has 2 aromatic rings. The Morgan fingerprint density at radius 3 is 2.31 bits per heavy atom. The Hall–Kier alpha value is -1.96. The van der Waals surface area contributed by atoms with Crippen molar-refractivity contribution in [2.75, 3.05) is 33.3 Å². The predicted molar refractivity (Wildman–Crippen MR) is 98.2 cm³/mol. The van der Waals surface area contributed by atoms with Gasteiger partial charge in [-0.1, -0.05) is 18.2 Å². The Balaban J connectivity index is 1.69. The van der Waals surface area contributed by atoms with E-state index in [-0.39, 0.29) is 10.7 Å². The fourth-order valence-electron chi connectivity index (χ4n) is 3.10. The molecule has 3 rings (SSSR count). The van der Waals surface area contributed by atoms with Crippen molar-refractivity contribution in [2.24, 2.45) is 0 Å². The molecule has 0 bridgehead atoms. The van der Waals surface area contributed by atoms with Gasteiger partial charge in [0, 0.05) is 32.7 Å². The van der Waals surface area contributed by atoms with E-state index in [0.29, 0.717) is 38.5 Å². The number of halogens is 1. The Bertz CT molecular complexity index is 861. The lowest BCUT2D eigenvalue weighted by molar-refractivity contribution is 0.181. The van der Waals surface area contributed by atoms with E-state index < -0.39 is 10.0 Å². The second-order valence-corrected chi connectivity index (χ2v) is 8.37. The highest BCUT2D eigenvalue weighted by Gasteiger charge is 2.30. The maximum atomic E-state index is 13.0. The van der Waals surface area contributed by atoms with Gasteiger partial charge in [0.05, 0.1) is 7.11 Å². The molecule has 0 saturated carbocycles. The SMILES string of the molecule is COc1ccc(C)cc1S(=O)(=O)N1CCN(Cc2ccc(F)cc2)CC1. The minimum absolute atomic E-state index is 0.215. The monoisotopic (exact) mass is 378 g/mol. The van der Waals surface area contributed by atoms with Gasteiger partial charge in [0.25, 0.3) is 0 Å². The Labute approximate surface area is 154 Å². The Morgan fingerprint density at radius 2 is 1.69 bits per heavy atom. The summed E-state index contributed by atoms with van der Waals surface area (Å²) in [6, 6.07) is 11.6. The van der Waals surface area contributed by atoms with Gasteiger partial charge < -0.3 is 4.74 Å². The van der Waals surface area contributed by atoms with Gasteiger partial charge in [-0.2, -0.15) is 4.31 Å². The third-order valence-electron chi connectivity index (χ3n) is 4.59. The summed E-state index contributed by atoms with van der Waals surface area (Å²) < 4.78 is 45.8. The molecule has 140 valence electrons. The second kappa shape index (κ2) is 7.73. The largest absolute Gasteiger partial charge is 0.495 e. The number of rotatable bonds is 5. The standard InChI is InChI=1S/C19H23FN2O3S/c1-15-3-8-18(25-2)19(13-15)26(23,24)22-11-9-21(10-12-22)14-16-4-6-17(20)7-5-16/h3-8,13H,9-12,14H2,1-2H3. The minimum Gasteiger partial charge on any atom is -0.495 e. The summed E-state index contributed by atoms with van der Waals surface area (Å²) in [6.45, 7) is 4.64. The van der Waals surface area contributed by atoms with Crippen molar-refractivity contribution in [1.82, 2.24) is 9.21 Å². The molecule has 0 spiro atoms. The minimum atomic E-state index is -3.60. The third-order valence-corrected chi connectivity index (χ3v) is 6.51. The lowest BCUT2D eigenvalue weighted by atomic mass is 10.2. The summed E-state index contributed by atoms with van der Waals surface area (Å²) in [5, 5.41) is 0. The zero-order chi connectivity index (χ0) is 18.7. The molecule has 26 heavy (non-hydrogen) atoms. The first-order chi connectivity index (χ1) is 12.4. The number of aryl methyl sites for hydroxylation is 1. The number of benzene rings is 2. The summed E-state index contributed by atoms with van der Waals surface area (Å²) in [6.07, 6.45) is 0. The van der Waals surface area contributed by atoms with E-state index >= 15 is 0 Å². The summed E-state index contributed by atoms with van der Waals surface area (Å²) in [7, 11) is -2.12. The van der Waals surface area contributed by atoms with E-state index in [9.17, 15) is 12.8 Å². The van der Waals surface area contributed by atoms with Crippen LogP contribution >= 0.6 is 0 Å². The summed E-state index contributed by atoms with van der Waals surface area (Å²) in [4.78, 5) is 2.39. The average molecular weight is 378 g/mol. The normalized spacial score (nSPS) is 16.6. The molecule has 0 unspecified atom stereocenters. The van der Waals surface area contributed by atoms with Gasteiger partial charge in [0.2, 0.25) is 10.0 Å². The van der Waals surface area contributed by atoms with Crippen LogP contribution in [0, 0.1) is 12.7 Å². The molecule has 1 aliphatic rings. The maximum absolute atomic E-state index is 13.0. The van der Waals surface area contributed by atoms with Gasteiger partial charge in [-0.15, -0.1) is 0 Å². The van der Waals surface area contributed by atoms with Crippen molar-refractivity contribution < 1.29 is 17.5 Å². The van der Waals surface area contributed by atoms with Crippen molar-refractivity contribution in [3.8, 4) is 5.75 Å². The Kier molecular flexibility index (Phi) is 5.60. The first kappa shape index (κ1) is 18.8. The number of piperazine rings is 1. The molecule has 7 heteroatoms. The van der Waals surface area contributed by atoms with Gasteiger partial charge in [-0.25, -0.2) is 12.8 Å². The van der Waals surface area contributed by atoms with Crippen molar-refractivity contribution in [2.45, 2.75) is 18.4 Å². The van der Waals surface area contributed by atoms with Crippen molar-refractivity contribution in [3.05, 3.63) is 59.4 Å². The predicted octanol–water partition coefficient (Wildman–Crippen LogP) is 2.65. The molecule has 2 aromatic carbocycles. The topological polar surface area (TPSA) is 49.9 Å². The second-order valence-electron chi connectivity index (χ2n) is 6.46. The third kappa shape index (κ3) is 4.06. The average Bonchev–Trinajstić information content (AvgIpc) is 2.64. The molecule has 0 aliphatic carbocycles. The molecule has 1 heterocycles. The van der Waals surface area contributed by atoms with Crippen LogP contribution in [0.3, 0.4) is 0 Å². The number of methoxy groups -OCH3 is 1. The lowest BCUT2D eigenvalue weighted by Crippen LogP contribution is -2.48. The first-order valence-electron chi connectivity index (χ1n) is 8.52. The number of hydrogen-bond acceptors (Lipinski definition) is 4. The lowest BCUT2D eigenvalue weighted by Gasteiger charge is -2.34. The smallest absolute Gasteiger partial charge is 0.246 e. The van der Waals surface area contributed by atoms with Crippen LogP contribution < -0.4 is 4.74 Å². The highest BCUT2D eigenvalue weighted by molar-refractivity contribution is 7.89. The van der Waals surface area contributed by atoms with Gasteiger partial charge in [0.15, 0.2) is 0 Å². The zero-order valence-corrected chi connectivity index (χ0v) is 15.8. The number of ether oxygens (including phenoxy) is 1. The van der Waals surface area contributed by atoms with Crippen molar-refractivity contribution >= 4 is 10.0 Å². The van der Waals surface area contributed by atoms with E-state index in [1.807, 2.05) is 13.0 Å². The van der Waals surface area contributed by atoms with Crippen molar-refractivity contribution in [1.29, 1.82) is 0 Å². The molecular formula is C19H23FN2O3S. The van der Waals surface area contributed by atoms with Gasteiger partial charge >= 0.3 is 0 Å². The highest BCUT2D eigenvalue weighted by atomic mass is 32.2. The molecule has 1 aliphatic heterocycles. The molecule has 0 radical (unpaired) electrons. The molecule has 0 aromatic heterocycles. The molecule has 5 nitrogen and oxygen atoms in total. The molecule has 0 atom stereocenters. The van der Waals surface area contributed by atoms with Crippen molar-refractivity contribution in [3.63, 3.8) is 0 Å². The van der Waals surface area contributed by atoms with Crippen LogP contribution in [0.25, 0.3) is 0 Å². The van der Waals surface area contributed by atoms with Crippen LogP contribution in [0.2, 0.25) is 0 Å². The fourth-order valence-corrected chi connectivity index (χ4v) is 4.76. The van der Waals surface area contributed by atoms with E-state index in [0.717, 1.165) is 11.1 Å². The fraction of sp³-hybridized carbons (Fsp3) is 0.368. The number of sulfonamides is 1. The van der Waals surface area contributed by atoms with E-state index in [1.54, 1.807) is 24.3 Å². The molecule has 0 N–H and O–H groups in total. The summed E-state index contributed by atoms with van der Waals surface area (Å²) in [5.74, 6) is 0.112. The van der Waals surface area contributed by atoms with E-state index in [4.69, 9.17) is 4.74 Å². The van der Waals surface area contributed by atoms with Gasteiger partial charge in [0.1, 0.15) is 16.5 Å². The summed E-state index contributed by atoms with van der Waals surface area (Å²) >= 11 is 0. The molecule has 1 fully saturated rings. The molecule has 0 amide bonds. The highest BCUT2D eigenvalue weighted by Crippen LogP contribution is 2.28. The van der Waals surface area contributed by atoms with Crippen LogP contribution in [0.15, 0.2) is 47.4 Å². The van der Waals surface area contributed by atoms with Crippen LogP contribution in [-0.4, -0.2) is 50.9 Å². The molecular weight excluding hydrogens is 355 g/mol. The van der Waals surface area contributed by atoms with Crippen LogP contribution in [0.1, 0.15) is 11.1 Å². The van der Waals surface area contributed by atoms with E-state index in [1.165, 1.54) is 23.5 Å². The summed E-state index contributed by atoms with van der Waals surface area (Å²) in [5.41, 5.74) is 1.89. The Morgan fingerprint density at radius 1 is 1.04 bits per heavy atom.